The average molecular weight is 257 g/mol. The van der Waals surface area contributed by atoms with Crippen molar-refractivity contribution in [2.75, 3.05) is 11.9 Å². The molecule has 19 heavy (non-hydrogen) atoms. The topological polar surface area (TPSA) is 88.1 Å². The number of amides is 1. The maximum atomic E-state index is 11.6. The molecule has 6 nitrogen and oxygen atoms in total. The van der Waals surface area contributed by atoms with E-state index in [-0.39, 0.29) is 12.5 Å². The summed E-state index contributed by atoms with van der Waals surface area (Å²) in [6.07, 6.45) is 0. The molecule has 0 saturated carbocycles. The fraction of sp³-hybridized carbons (Fsp3) is 0.154. The summed E-state index contributed by atoms with van der Waals surface area (Å²) in [7, 11) is 0. The first-order chi connectivity index (χ1) is 9.17. The average Bonchev–Trinajstić information content (AvgIpc) is 2.82. The number of hydrogen-bond acceptors (Lipinski definition) is 5. The lowest BCUT2D eigenvalue weighted by Crippen LogP contribution is -2.20. The van der Waals surface area contributed by atoms with Gasteiger partial charge >= 0.3 is 0 Å². The Morgan fingerprint density at radius 1 is 1.53 bits per heavy atom. The molecule has 2 rings (SSSR count). The molecule has 0 bridgehead atoms. The van der Waals surface area contributed by atoms with Crippen LogP contribution in [0, 0.1) is 18.3 Å². The summed E-state index contributed by atoms with van der Waals surface area (Å²) < 4.78 is 10.1. The van der Waals surface area contributed by atoms with Crippen LogP contribution < -0.4 is 10.1 Å². The van der Waals surface area contributed by atoms with Gasteiger partial charge in [-0.3, -0.25) is 4.79 Å². The summed E-state index contributed by atoms with van der Waals surface area (Å²) in [5.41, 5.74) is 0.477. The predicted molar refractivity (Wildman–Crippen MR) is 66.5 cm³/mol. The summed E-state index contributed by atoms with van der Waals surface area (Å²) >= 11 is 0. The third-order valence-corrected chi connectivity index (χ3v) is 2.23. The predicted octanol–water partition coefficient (Wildman–Crippen LogP) is 1.87. The molecule has 0 radical (unpaired) electrons. The second kappa shape index (κ2) is 5.69. The van der Waals surface area contributed by atoms with Crippen LogP contribution >= 0.6 is 0 Å². The van der Waals surface area contributed by atoms with Gasteiger partial charge in [-0.15, -0.1) is 0 Å². The third kappa shape index (κ3) is 3.57. The number of benzene rings is 1. The van der Waals surface area contributed by atoms with Gasteiger partial charge in [0.2, 0.25) is 0 Å². The molecule has 1 heterocycles. The van der Waals surface area contributed by atoms with Crippen molar-refractivity contribution in [1.82, 2.24) is 5.16 Å². The number of nitriles is 1. The monoisotopic (exact) mass is 257 g/mol. The van der Waals surface area contributed by atoms with E-state index in [2.05, 4.69) is 10.5 Å². The second-order valence-corrected chi connectivity index (χ2v) is 3.80. The van der Waals surface area contributed by atoms with Crippen LogP contribution in [0.4, 0.5) is 5.82 Å². The van der Waals surface area contributed by atoms with Gasteiger partial charge < -0.3 is 14.6 Å². The SMILES string of the molecule is Cc1cc(NC(=O)COc2cccc(C#N)c2)no1. The maximum absolute atomic E-state index is 11.6. The molecule has 1 N–H and O–H groups in total. The Kier molecular flexibility index (Phi) is 3.78. The molecule has 0 saturated heterocycles. The molecule has 6 heteroatoms. The van der Waals surface area contributed by atoms with E-state index in [4.69, 9.17) is 14.5 Å². The summed E-state index contributed by atoms with van der Waals surface area (Å²) in [6, 6.07) is 10.2. The Morgan fingerprint density at radius 3 is 3.05 bits per heavy atom. The summed E-state index contributed by atoms with van der Waals surface area (Å²) in [4.78, 5) is 11.6. The number of aromatic nitrogens is 1. The van der Waals surface area contributed by atoms with Crippen molar-refractivity contribution >= 4 is 11.7 Å². The van der Waals surface area contributed by atoms with Crippen LogP contribution in [0.25, 0.3) is 0 Å². The molecule has 96 valence electrons. The Bertz CT molecular complexity index is 628. The summed E-state index contributed by atoms with van der Waals surface area (Å²) in [5.74, 6) is 1.07. The van der Waals surface area contributed by atoms with Gasteiger partial charge in [-0.05, 0) is 25.1 Å². The number of anilines is 1. The van der Waals surface area contributed by atoms with Gasteiger partial charge in [0.1, 0.15) is 11.5 Å². The molecule has 0 aliphatic heterocycles. The van der Waals surface area contributed by atoms with Crippen LogP contribution in [-0.2, 0) is 4.79 Å². The van der Waals surface area contributed by atoms with Crippen LogP contribution in [0.1, 0.15) is 11.3 Å². The molecule has 2 aromatic rings. The van der Waals surface area contributed by atoms with Crippen molar-refractivity contribution in [3.05, 3.63) is 41.7 Å². The van der Waals surface area contributed by atoms with Crippen LogP contribution in [0.2, 0.25) is 0 Å². The molecule has 0 aliphatic rings. The van der Waals surface area contributed by atoms with Gasteiger partial charge in [0, 0.05) is 6.07 Å². The molecule has 0 unspecified atom stereocenters. The first kappa shape index (κ1) is 12.6. The van der Waals surface area contributed by atoms with Crippen molar-refractivity contribution in [2.24, 2.45) is 0 Å². The number of carbonyl (C=O) groups is 1. The van der Waals surface area contributed by atoms with Gasteiger partial charge in [0.25, 0.3) is 5.91 Å². The minimum atomic E-state index is -0.351. The molecule has 0 aliphatic carbocycles. The van der Waals surface area contributed by atoms with Gasteiger partial charge in [-0.25, -0.2) is 0 Å². The minimum absolute atomic E-state index is 0.166. The highest BCUT2D eigenvalue weighted by atomic mass is 16.5. The van der Waals surface area contributed by atoms with Crippen molar-refractivity contribution in [2.45, 2.75) is 6.92 Å². The molecule has 0 atom stereocenters. The van der Waals surface area contributed by atoms with Gasteiger partial charge in [-0.2, -0.15) is 5.26 Å². The fourth-order valence-electron chi connectivity index (χ4n) is 1.41. The second-order valence-electron chi connectivity index (χ2n) is 3.80. The van der Waals surface area contributed by atoms with Crippen molar-refractivity contribution in [3.63, 3.8) is 0 Å². The Balaban J connectivity index is 1.88. The molecular weight excluding hydrogens is 246 g/mol. The molecule has 1 aromatic carbocycles. The standard InChI is InChI=1S/C13H11N3O3/c1-9-5-12(16-19-9)15-13(17)8-18-11-4-2-3-10(6-11)7-14/h2-6H,8H2,1H3,(H,15,16,17). The van der Waals surface area contributed by atoms with E-state index < -0.39 is 0 Å². The Hall–Kier alpha value is -2.81. The maximum Gasteiger partial charge on any atom is 0.263 e. The van der Waals surface area contributed by atoms with Gasteiger partial charge in [0.05, 0.1) is 11.6 Å². The van der Waals surface area contributed by atoms with Crippen molar-refractivity contribution in [1.29, 1.82) is 5.26 Å². The smallest absolute Gasteiger partial charge is 0.263 e. The van der Waals surface area contributed by atoms with E-state index in [0.29, 0.717) is 22.9 Å². The van der Waals surface area contributed by atoms with Crippen LogP contribution in [0.3, 0.4) is 0 Å². The van der Waals surface area contributed by atoms with E-state index in [9.17, 15) is 4.79 Å². The van der Waals surface area contributed by atoms with E-state index in [1.807, 2.05) is 6.07 Å². The number of carbonyl (C=O) groups excluding carboxylic acids is 1. The zero-order valence-electron chi connectivity index (χ0n) is 10.2. The number of ether oxygens (including phenoxy) is 1. The van der Waals surface area contributed by atoms with E-state index in [1.165, 1.54) is 0 Å². The normalized spacial score (nSPS) is 9.68. The molecule has 0 fully saturated rings. The summed E-state index contributed by atoms with van der Waals surface area (Å²) in [5, 5.41) is 14.9. The van der Waals surface area contributed by atoms with Crippen LogP contribution in [-0.4, -0.2) is 17.7 Å². The number of aryl methyl sites for hydroxylation is 1. The molecule has 1 amide bonds. The highest BCUT2D eigenvalue weighted by molar-refractivity contribution is 5.90. The van der Waals surface area contributed by atoms with E-state index in [1.54, 1.807) is 37.3 Å². The minimum Gasteiger partial charge on any atom is -0.484 e. The first-order valence-electron chi connectivity index (χ1n) is 5.53. The lowest BCUT2D eigenvalue weighted by atomic mass is 10.2. The van der Waals surface area contributed by atoms with E-state index in [0.717, 1.165) is 0 Å². The molecule has 0 spiro atoms. The number of rotatable bonds is 4. The van der Waals surface area contributed by atoms with Crippen LogP contribution in [0.15, 0.2) is 34.9 Å². The number of nitrogens with one attached hydrogen (secondary N) is 1. The quantitative estimate of drug-likeness (QED) is 0.903. The lowest BCUT2D eigenvalue weighted by molar-refractivity contribution is -0.118. The van der Waals surface area contributed by atoms with Crippen LogP contribution in [0.5, 0.6) is 5.75 Å². The molecule has 1 aromatic heterocycles. The zero-order chi connectivity index (χ0) is 13.7. The summed E-state index contributed by atoms with van der Waals surface area (Å²) in [6.45, 7) is 1.56. The van der Waals surface area contributed by atoms with Crippen molar-refractivity contribution in [3.8, 4) is 11.8 Å². The van der Waals surface area contributed by atoms with E-state index >= 15 is 0 Å². The highest BCUT2D eigenvalue weighted by Crippen LogP contribution is 2.12. The Labute approximate surface area is 109 Å². The van der Waals surface area contributed by atoms with Gasteiger partial charge in [0.15, 0.2) is 12.4 Å². The largest absolute Gasteiger partial charge is 0.484 e. The number of hydrogen-bond donors (Lipinski definition) is 1. The fourth-order valence-corrected chi connectivity index (χ4v) is 1.41. The van der Waals surface area contributed by atoms with Gasteiger partial charge in [-0.1, -0.05) is 11.2 Å². The molecular formula is C13H11N3O3. The number of nitrogens with zero attached hydrogens (tertiary/aromatic N) is 2. The Morgan fingerprint density at radius 2 is 2.37 bits per heavy atom. The van der Waals surface area contributed by atoms with Crippen molar-refractivity contribution < 1.29 is 14.1 Å². The highest BCUT2D eigenvalue weighted by Gasteiger charge is 2.07. The first-order valence-corrected chi connectivity index (χ1v) is 5.53. The lowest BCUT2D eigenvalue weighted by Gasteiger charge is -2.05. The zero-order valence-corrected chi connectivity index (χ0v) is 10.2. The third-order valence-electron chi connectivity index (χ3n) is 2.23.